The number of nitrogens with one attached hydrogen (secondary N) is 1. The van der Waals surface area contributed by atoms with Crippen LogP contribution in [-0.2, 0) is 9.47 Å². The predicted octanol–water partition coefficient (Wildman–Crippen LogP) is 0.338. The molecule has 0 fully saturated rings. The van der Waals surface area contributed by atoms with Gasteiger partial charge in [0.1, 0.15) is 11.3 Å². The molecule has 0 bridgehead atoms. The van der Waals surface area contributed by atoms with Gasteiger partial charge in [0.25, 0.3) is 5.56 Å². The molecule has 1 aromatic heterocycles. The van der Waals surface area contributed by atoms with Crippen molar-refractivity contribution in [1.82, 2.24) is 4.98 Å². The highest BCUT2D eigenvalue weighted by Crippen LogP contribution is 1.99. The van der Waals surface area contributed by atoms with E-state index in [1.807, 2.05) is 0 Å². The Hall–Kier alpha value is -2.11. The maximum atomic E-state index is 11.4. The molecule has 0 aliphatic rings. The fourth-order valence-corrected chi connectivity index (χ4v) is 1.07. The standard InChI is InChI=1S/C10H11NO5/c1-3-16-10(14)7-5-4-6(8(12)11-7)9(13)15-2/h4-5H,3H2,1-2H3,(H,11,12). The van der Waals surface area contributed by atoms with Crippen LogP contribution < -0.4 is 5.56 Å². The Balaban J connectivity index is 3.04. The van der Waals surface area contributed by atoms with E-state index in [0.29, 0.717) is 0 Å². The minimum atomic E-state index is -0.753. The number of rotatable bonds is 3. The molecule has 0 unspecified atom stereocenters. The largest absolute Gasteiger partial charge is 0.465 e. The lowest BCUT2D eigenvalue weighted by Gasteiger charge is -2.02. The van der Waals surface area contributed by atoms with Crippen LogP contribution >= 0.6 is 0 Å². The number of ether oxygens (including phenoxy) is 2. The summed E-state index contributed by atoms with van der Waals surface area (Å²) in [5.74, 6) is -1.40. The van der Waals surface area contributed by atoms with Crippen LogP contribution in [0.4, 0.5) is 0 Å². The van der Waals surface area contributed by atoms with Gasteiger partial charge in [0.2, 0.25) is 0 Å². The third-order valence-electron chi connectivity index (χ3n) is 1.81. The van der Waals surface area contributed by atoms with Crippen LogP contribution in [0.5, 0.6) is 0 Å². The third kappa shape index (κ3) is 2.47. The third-order valence-corrected chi connectivity index (χ3v) is 1.81. The number of aromatic nitrogens is 1. The fourth-order valence-electron chi connectivity index (χ4n) is 1.07. The molecule has 1 aromatic rings. The first-order valence-electron chi connectivity index (χ1n) is 4.59. The van der Waals surface area contributed by atoms with Crippen LogP contribution in [0.3, 0.4) is 0 Å². The Labute approximate surface area is 91.2 Å². The van der Waals surface area contributed by atoms with Crippen LogP contribution in [0, 0.1) is 0 Å². The second-order valence-corrected chi connectivity index (χ2v) is 2.83. The first kappa shape index (κ1) is 12.0. The van der Waals surface area contributed by atoms with Gasteiger partial charge in [-0.05, 0) is 19.1 Å². The average molecular weight is 225 g/mol. The van der Waals surface area contributed by atoms with Gasteiger partial charge in [-0.2, -0.15) is 0 Å². The van der Waals surface area contributed by atoms with Crippen molar-refractivity contribution in [3.8, 4) is 0 Å². The smallest absolute Gasteiger partial charge is 0.354 e. The van der Waals surface area contributed by atoms with E-state index in [9.17, 15) is 14.4 Å². The molecule has 0 aromatic carbocycles. The molecule has 0 atom stereocenters. The van der Waals surface area contributed by atoms with Crippen molar-refractivity contribution in [2.24, 2.45) is 0 Å². The van der Waals surface area contributed by atoms with Gasteiger partial charge in [-0.15, -0.1) is 0 Å². The molecule has 1 rings (SSSR count). The molecular weight excluding hydrogens is 214 g/mol. The van der Waals surface area contributed by atoms with E-state index in [0.717, 1.165) is 0 Å². The Morgan fingerprint density at radius 1 is 1.31 bits per heavy atom. The summed E-state index contributed by atoms with van der Waals surface area (Å²) in [5.41, 5.74) is -0.840. The quantitative estimate of drug-likeness (QED) is 0.749. The summed E-state index contributed by atoms with van der Waals surface area (Å²) in [4.78, 5) is 36.0. The normalized spacial score (nSPS) is 9.62. The lowest BCUT2D eigenvalue weighted by atomic mass is 10.2. The molecule has 1 N–H and O–H groups in total. The molecule has 0 spiro atoms. The van der Waals surface area contributed by atoms with Crippen LogP contribution in [-0.4, -0.2) is 30.6 Å². The van der Waals surface area contributed by atoms with Crippen molar-refractivity contribution in [3.63, 3.8) is 0 Å². The van der Waals surface area contributed by atoms with E-state index in [2.05, 4.69) is 14.5 Å². The summed E-state index contributed by atoms with van der Waals surface area (Å²) in [7, 11) is 1.17. The molecule has 0 radical (unpaired) electrons. The van der Waals surface area contributed by atoms with Crippen LogP contribution in [0.15, 0.2) is 16.9 Å². The molecule has 0 saturated heterocycles. The second-order valence-electron chi connectivity index (χ2n) is 2.83. The summed E-state index contributed by atoms with van der Waals surface area (Å²) >= 11 is 0. The van der Waals surface area contributed by atoms with Crippen LogP contribution in [0.25, 0.3) is 0 Å². The van der Waals surface area contributed by atoms with E-state index in [4.69, 9.17) is 0 Å². The molecule has 0 amide bonds. The average Bonchev–Trinajstić information content (AvgIpc) is 2.28. The summed E-state index contributed by atoms with van der Waals surface area (Å²) in [5, 5.41) is 0. The van der Waals surface area contributed by atoms with Crippen molar-refractivity contribution in [2.75, 3.05) is 13.7 Å². The van der Waals surface area contributed by atoms with Crippen molar-refractivity contribution in [2.45, 2.75) is 6.92 Å². The Kier molecular flexibility index (Phi) is 3.82. The maximum absolute atomic E-state index is 11.4. The highest BCUT2D eigenvalue weighted by molar-refractivity contribution is 5.91. The molecule has 0 aliphatic heterocycles. The highest BCUT2D eigenvalue weighted by Gasteiger charge is 2.14. The zero-order valence-electron chi connectivity index (χ0n) is 8.90. The number of hydrogen-bond donors (Lipinski definition) is 1. The topological polar surface area (TPSA) is 85.5 Å². The predicted molar refractivity (Wildman–Crippen MR) is 54.4 cm³/mol. The molecular formula is C10H11NO5. The minimum absolute atomic E-state index is 0.000460. The van der Waals surface area contributed by atoms with E-state index < -0.39 is 17.5 Å². The van der Waals surface area contributed by atoms with Gasteiger partial charge in [0, 0.05) is 0 Å². The number of pyridine rings is 1. The number of carbonyl (C=O) groups is 2. The monoisotopic (exact) mass is 225 g/mol. The highest BCUT2D eigenvalue weighted by atomic mass is 16.5. The summed E-state index contributed by atoms with van der Waals surface area (Å²) < 4.78 is 9.07. The Bertz CT molecular complexity index is 463. The van der Waals surface area contributed by atoms with Gasteiger partial charge in [0.15, 0.2) is 0 Å². The molecule has 0 saturated carbocycles. The van der Waals surface area contributed by atoms with Crippen LogP contribution in [0.1, 0.15) is 27.8 Å². The molecule has 86 valence electrons. The van der Waals surface area contributed by atoms with Gasteiger partial charge in [-0.25, -0.2) is 9.59 Å². The SMILES string of the molecule is CCOC(=O)c1ccc(C(=O)OC)c(=O)[nH]1. The maximum Gasteiger partial charge on any atom is 0.354 e. The second kappa shape index (κ2) is 5.11. The lowest BCUT2D eigenvalue weighted by Crippen LogP contribution is -2.22. The first-order chi connectivity index (χ1) is 7.60. The van der Waals surface area contributed by atoms with Gasteiger partial charge in [-0.1, -0.05) is 0 Å². The van der Waals surface area contributed by atoms with E-state index >= 15 is 0 Å². The molecule has 6 nitrogen and oxygen atoms in total. The fraction of sp³-hybridized carbons (Fsp3) is 0.300. The molecule has 16 heavy (non-hydrogen) atoms. The molecule has 0 aliphatic carbocycles. The van der Waals surface area contributed by atoms with Crippen molar-refractivity contribution in [3.05, 3.63) is 33.7 Å². The number of aromatic amines is 1. The number of esters is 2. The number of H-pyrrole nitrogens is 1. The van der Waals surface area contributed by atoms with Gasteiger partial charge >= 0.3 is 11.9 Å². The number of carbonyl (C=O) groups excluding carboxylic acids is 2. The van der Waals surface area contributed by atoms with Crippen molar-refractivity contribution < 1.29 is 19.1 Å². The van der Waals surface area contributed by atoms with Gasteiger partial charge in [-0.3, -0.25) is 4.79 Å². The number of methoxy groups -OCH3 is 1. The Morgan fingerprint density at radius 3 is 2.50 bits per heavy atom. The van der Waals surface area contributed by atoms with E-state index in [1.165, 1.54) is 19.2 Å². The summed E-state index contributed by atoms with van der Waals surface area (Å²) in [6.07, 6.45) is 0. The van der Waals surface area contributed by atoms with Crippen molar-refractivity contribution >= 4 is 11.9 Å². The Morgan fingerprint density at radius 2 is 2.00 bits per heavy atom. The first-order valence-corrected chi connectivity index (χ1v) is 4.59. The summed E-state index contributed by atoms with van der Waals surface area (Å²) in [6.45, 7) is 1.86. The van der Waals surface area contributed by atoms with Crippen molar-refractivity contribution in [1.29, 1.82) is 0 Å². The van der Waals surface area contributed by atoms with E-state index in [-0.39, 0.29) is 17.9 Å². The number of hydrogen-bond acceptors (Lipinski definition) is 5. The molecule has 6 heteroatoms. The molecule has 1 heterocycles. The van der Waals surface area contributed by atoms with E-state index in [1.54, 1.807) is 6.92 Å². The van der Waals surface area contributed by atoms with Crippen LogP contribution in [0.2, 0.25) is 0 Å². The zero-order chi connectivity index (χ0) is 12.1. The lowest BCUT2D eigenvalue weighted by molar-refractivity contribution is 0.0515. The van der Waals surface area contributed by atoms with Gasteiger partial charge in [0.05, 0.1) is 13.7 Å². The van der Waals surface area contributed by atoms with Gasteiger partial charge < -0.3 is 14.5 Å². The minimum Gasteiger partial charge on any atom is -0.465 e. The zero-order valence-corrected chi connectivity index (χ0v) is 8.90. The summed E-state index contributed by atoms with van der Waals surface area (Å²) in [6, 6.07) is 2.52.